The normalized spacial score (nSPS) is 9.89. The van der Waals surface area contributed by atoms with Gasteiger partial charge in [0, 0.05) is 17.6 Å². The number of para-hydroxylation sites is 2. The van der Waals surface area contributed by atoms with Crippen LogP contribution < -0.4 is 10.1 Å². The van der Waals surface area contributed by atoms with E-state index in [9.17, 15) is 14.9 Å². The molecular formula is C9H7N5O4S. The molecule has 0 unspecified atom stereocenters. The summed E-state index contributed by atoms with van der Waals surface area (Å²) in [6, 6.07) is 5.80. The zero-order valence-electron chi connectivity index (χ0n) is 9.35. The molecular weight excluding hydrogens is 274 g/mol. The maximum absolute atomic E-state index is 11.5. The predicted octanol–water partition coefficient (Wildman–Crippen LogP) is 0.859. The number of rotatable bonds is 5. The van der Waals surface area contributed by atoms with Gasteiger partial charge in [0.15, 0.2) is 12.4 Å². The molecule has 0 fully saturated rings. The molecule has 1 amide bonds. The van der Waals surface area contributed by atoms with Crippen molar-refractivity contribution in [1.29, 1.82) is 0 Å². The van der Waals surface area contributed by atoms with Gasteiger partial charge in [0.1, 0.15) is 0 Å². The van der Waals surface area contributed by atoms with Crippen LogP contribution in [-0.2, 0) is 4.79 Å². The molecule has 0 aliphatic rings. The Morgan fingerprint density at radius 3 is 2.95 bits per heavy atom. The summed E-state index contributed by atoms with van der Waals surface area (Å²) in [7, 11) is 0. The zero-order valence-corrected chi connectivity index (χ0v) is 10.2. The third-order valence-corrected chi connectivity index (χ3v) is 2.48. The highest BCUT2D eigenvalue weighted by Gasteiger charge is 2.15. The molecule has 0 saturated carbocycles. The van der Waals surface area contributed by atoms with Crippen LogP contribution in [0.2, 0.25) is 0 Å². The maximum Gasteiger partial charge on any atom is 0.310 e. The minimum absolute atomic E-state index is 0.0260. The van der Waals surface area contributed by atoms with Crippen molar-refractivity contribution in [3.8, 4) is 5.75 Å². The van der Waals surface area contributed by atoms with Gasteiger partial charge in [-0.15, -0.1) is 0 Å². The van der Waals surface area contributed by atoms with Crippen molar-refractivity contribution >= 4 is 28.3 Å². The first-order valence-corrected chi connectivity index (χ1v) is 5.75. The summed E-state index contributed by atoms with van der Waals surface area (Å²) >= 11 is 0.913. The summed E-state index contributed by atoms with van der Waals surface area (Å²) in [4.78, 5) is 21.6. The van der Waals surface area contributed by atoms with Crippen LogP contribution in [0.5, 0.6) is 5.75 Å². The smallest absolute Gasteiger partial charge is 0.310 e. The van der Waals surface area contributed by atoms with Gasteiger partial charge in [-0.25, -0.2) is 0 Å². The van der Waals surface area contributed by atoms with Crippen molar-refractivity contribution in [2.45, 2.75) is 0 Å². The fourth-order valence-corrected chi connectivity index (χ4v) is 1.59. The quantitative estimate of drug-likeness (QED) is 0.637. The minimum atomic E-state index is -0.581. The SMILES string of the molecule is O=C(COc1ccccc1[N+](=O)[O-])Nc1nnns1. The molecule has 1 aromatic heterocycles. The van der Waals surface area contributed by atoms with Gasteiger partial charge in [0.05, 0.1) is 4.92 Å². The van der Waals surface area contributed by atoms with Gasteiger partial charge in [-0.3, -0.25) is 20.2 Å². The lowest BCUT2D eigenvalue weighted by Crippen LogP contribution is -2.20. The molecule has 0 atom stereocenters. The molecule has 2 rings (SSSR count). The average molecular weight is 281 g/mol. The number of carbonyl (C=O) groups is 1. The summed E-state index contributed by atoms with van der Waals surface area (Å²) in [5.74, 6) is -0.477. The molecule has 1 heterocycles. The number of amides is 1. The van der Waals surface area contributed by atoms with E-state index in [1.807, 2.05) is 0 Å². The number of benzene rings is 1. The molecule has 0 aliphatic carbocycles. The zero-order chi connectivity index (χ0) is 13.7. The Hall–Kier alpha value is -2.62. The standard InChI is InChI=1S/C9H7N5O4S/c15-8(10-9-11-12-13-19-9)5-18-7-4-2-1-3-6(7)14(16)17/h1-4H,5H2,(H,10,11,13,15). The van der Waals surface area contributed by atoms with Gasteiger partial charge in [0.25, 0.3) is 5.91 Å². The fraction of sp³-hybridized carbons (Fsp3) is 0.111. The first-order chi connectivity index (χ1) is 9.16. The Balaban J connectivity index is 1.95. The average Bonchev–Trinajstić information content (AvgIpc) is 2.89. The van der Waals surface area contributed by atoms with Crippen LogP contribution in [0.15, 0.2) is 24.3 Å². The van der Waals surface area contributed by atoms with Gasteiger partial charge in [-0.05, 0) is 11.3 Å². The van der Waals surface area contributed by atoms with E-state index in [0.29, 0.717) is 0 Å². The number of ether oxygens (including phenoxy) is 1. The number of hydrogen-bond donors (Lipinski definition) is 1. The third-order valence-electron chi connectivity index (χ3n) is 1.97. The first kappa shape index (κ1) is 12.8. The van der Waals surface area contributed by atoms with Crippen LogP contribution >= 0.6 is 11.5 Å². The Labute approximate surface area is 110 Å². The number of nitro groups is 1. The van der Waals surface area contributed by atoms with E-state index in [1.165, 1.54) is 18.2 Å². The third kappa shape index (κ3) is 3.42. The largest absolute Gasteiger partial charge is 0.477 e. The first-order valence-electron chi connectivity index (χ1n) is 4.98. The molecule has 0 saturated heterocycles. The van der Waals surface area contributed by atoms with Crippen molar-refractivity contribution in [3.05, 3.63) is 34.4 Å². The number of nitrogens with zero attached hydrogens (tertiary/aromatic N) is 4. The number of carbonyl (C=O) groups excluding carboxylic acids is 1. The topological polar surface area (TPSA) is 120 Å². The van der Waals surface area contributed by atoms with Crippen LogP contribution in [-0.4, -0.2) is 32.2 Å². The van der Waals surface area contributed by atoms with E-state index in [4.69, 9.17) is 4.74 Å². The summed E-state index contributed by atoms with van der Waals surface area (Å²) in [5, 5.41) is 20.2. The Morgan fingerprint density at radius 1 is 1.47 bits per heavy atom. The molecule has 9 nitrogen and oxygen atoms in total. The molecule has 0 spiro atoms. The van der Waals surface area contributed by atoms with Crippen molar-refractivity contribution in [2.75, 3.05) is 11.9 Å². The van der Waals surface area contributed by atoms with Crippen molar-refractivity contribution in [1.82, 2.24) is 14.8 Å². The lowest BCUT2D eigenvalue weighted by Gasteiger charge is -2.05. The minimum Gasteiger partial charge on any atom is -0.477 e. The van der Waals surface area contributed by atoms with Crippen LogP contribution in [0, 0.1) is 10.1 Å². The van der Waals surface area contributed by atoms with E-state index in [2.05, 4.69) is 20.1 Å². The van der Waals surface area contributed by atoms with E-state index in [1.54, 1.807) is 6.07 Å². The number of anilines is 1. The maximum atomic E-state index is 11.5. The van der Waals surface area contributed by atoms with Gasteiger partial charge in [-0.2, -0.15) is 0 Å². The second kappa shape index (κ2) is 5.82. The van der Waals surface area contributed by atoms with E-state index >= 15 is 0 Å². The van der Waals surface area contributed by atoms with Crippen LogP contribution in [0.1, 0.15) is 0 Å². The lowest BCUT2D eigenvalue weighted by molar-refractivity contribution is -0.385. The molecule has 0 bridgehead atoms. The van der Waals surface area contributed by atoms with Crippen molar-refractivity contribution < 1.29 is 14.5 Å². The number of aromatic nitrogens is 3. The molecule has 0 aliphatic heterocycles. The highest BCUT2D eigenvalue weighted by atomic mass is 32.1. The highest BCUT2D eigenvalue weighted by molar-refractivity contribution is 7.09. The van der Waals surface area contributed by atoms with Gasteiger partial charge < -0.3 is 4.74 Å². The van der Waals surface area contributed by atoms with Gasteiger partial charge >= 0.3 is 5.69 Å². The van der Waals surface area contributed by atoms with Gasteiger partial charge in [0.2, 0.25) is 5.13 Å². The van der Waals surface area contributed by atoms with Crippen molar-refractivity contribution in [3.63, 3.8) is 0 Å². The molecule has 19 heavy (non-hydrogen) atoms. The summed E-state index contributed by atoms with van der Waals surface area (Å²) in [5.41, 5.74) is -0.201. The molecule has 2 aromatic rings. The molecule has 0 radical (unpaired) electrons. The predicted molar refractivity (Wildman–Crippen MR) is 64.9 cm³/mol. The van der Waals surface area contributed by atoms with Crippen molar-refractivity contribution in [2.24, 2.45) is 0 Å². The number of nitrogens with one attached hydrogen (secondary N) is 1. The molecule has 98 valence electrons. The van der Waals surface area contributed by atoms with Crippen LogP contribution in [0.4, 0.5) is 10.8 Å². The number of nitro benzene ring substituents is 1. The Morgan fingerprint density at radius 2 is 2.26 bits per heavy atom. The highest BCUT2D eigenvalue weighted by Crippen LogP contribution is 2.25. The second-order valence-corrected chi connectivity index (χ2v) is 3.96. The Bertz CT molecular complexity index is 588. The second-order valence-electron chi connectivity index (χ2n) is 3.23. The molecule has 1 aromatic carbocycles. The van der Waals surface area contributed by atoms with Crippen LogP contribution in [0.3, 0.4) is 0 Å². The Kier molecular flexibility index (Phi) is 3.93. The number of hydrogen-bond acceptors (Lipinski definition) is 8. The molecule has 1 N–H and O–H groups in total. The van der Waals surface area contributed by atoms with E-state index in [-0.39, 0.29) is 23.2 Å². The van der Waals surface area contributed by atoms with E-state index < -0.39 is 10.8 Å². The van der Waals surface area contributed by atoms with E-state index in [0.717, 1.165) is 11.5 Å². The summed E-state index contributed by atoms with van der Waals surface area (Å²) in [6.07, 6.45) is 0. The molecule has 10 heteroatoms. The monoisotopic (exact) mass is 281 g/mol. The van der Waals surface area contributed by atoms with Crippen LogP contribution in [0.25, 0.3) is 0 Å². The van der Waals surface area contributed by atoms with Gasteiger partial charge in [-0.1, -0.05) is 21.7 Å². The lowest BCUT2D eigenvalue weighted by atomic mass is 10.3. The summed E-state index contributed by atoms with van der Waals surface area (Å²) < 4.78 is 8.56. The summed E-state index contributed by atoms with van der Waals surface area (Å²) in [6.45, 7) is -0.371. The fourth-order valence-electron chi connectivity index (χ4n) is 1.21.